The van der Waals surface area contributed by atoms with Crippen molar-refractivity contribution in [2.45, 2.75) is 30.1 Å². The molecule has 1 N–H and O–H groups in total. The summed E-state index contributed by atoms with van der Waals surface area (Å²) in [5, 5.41) is 2.68. The number of ether oxygens (including phenoxy) is 5. The van der Waals surface area contributed by atoms with Crippen LogP contribution in [0.3, 0.4) is 0 Å². The first-order chi connectivity index (χ1) is 27.8. The number of hydrogen-bond acceptors (Lipinski definition) is 12. The van der Waals surface area contributed by atoms with Crippen molar-refractivity contribution in [1.29, 1.82) is 0 Å². The van der Waals surface area contributed by atoms with Crippen LogP contribution in [-0.4, -0.2) is 81.8 Å². The molecule has 308 valence electrons. The first-order valence-electron chi connectivity index (χ1n) is 17.8. The second-order valence-corrected chi connectivity index (χ2v) is 15.9. The number of sulfonamides is 2. The van der Waals surface area contributed by atoms with Crippen LogP contribution in [0.2, 0.25) is 0 Å². The molecule has 0 bridgehead atoms. The van der Waals surface area contributed by atoms with E-state index < -0.39 is 45.0 Å². The molecule has 1 aromatic heterocycles. The number of benzene rings is 4. The maximum absolute atomic E-state index is 13.5. The number of hydrogen-bond donors (Lipinski definition) is 1. The van der Waals surface area contributed by atoms with Crippen molar-refractivity contribution < 1.29 is 50.1 Å². The second-order valence-electron chi connectivity index (χ2n) is 12.2. The van der Waals surface area contributed by atoms with Crippen molar-refractivity contribution in [3.63, 3.8) is 0 Å². The van der Waals surface area contributed by atoms with E-state index in [2.05, 4.69) is 10.3 Å². The number of pyridine rings is 1. The van der Waals surface area contributed by atoms with Gasteiger partial charge in [-0.2, -0.15) is 0 Å². The Bertz CT molecular complexity index is 2350. The summed E-state index contributed by atoms with van der Waals surface area (Å²) in [5.74, 6) is 0.244. The van der Waals surface area contributed by atoms with Gasteiger partial charge in [-0.05, 0) is 74.0 Å². The number of amides is 1. The average molecular weight is 835 g/mol. The van der Waals surface area contributed by atoms with Gasteiger partial charge in [0, 0.05) is 17.8 Å². The maximum Gasteiger partial charge on any atom is 0.326 e. The highest BCUT2D eigenvalue weighted by molar-refractivity contribution is 7.93. The van der Waals surface area contributed by atoms with Gasteiger partial charge in [0.25, 0.3) is 20.0 Å². The smallest absolute Gasteiger partial charge is 0.326 e. The van der Waals surface area contributed by atoms with Gasteiger partial charge >= 0.3 is 5.97 Å². The van der Waals surface area contributed by atoms with Crippen LogP contribution in [0.5, 0.6) is 23.0 Å². The molecule has 0 atom stereocenters. The highest BCUT2D eigenvalue weighted by Crippen LogP contribution is 2.37. The molecule has 5 rings (SSSR count). The van der Waals surface area contributed by atoms with Crippen LogP contribution in [0.15, 0.2) is 125 Å². The van der Waals surface area contributed by atoms with Crippen LogP contribution < -0.4 is 32.9 Å². The SMILES string of the molecule is CCCOC(=O)CN(c1cc(OC)ccc1OC)S(=O)(=O)c1ccccc1.COc1ccc(OC)c(N(CC(=O)Nc2ccc(C)nc2)S(=O)(=O)c2ccccc2)c1. The number of carbonyl (C=O) groups excluding carboxylic acids is 2. The number of nitrogens with zero attached hydrogens (tertiary/aromatic N) is 3. The van der Waals surface area contributed by atoms with Crippen molar-refractivity contribution in [2.75, 3.05) is 62.1 Å². The van der Waals surface area contributed by atoms with Crippen LogP contribution in [0.1, 0.15) is 19.0 Å². The zero-order valence-electron chi connectivity index (χ0n) is 32.9. The molecule has 0 fully saturated rings. The number of anilines is 3. The van der Waals surface area contributed by atoms with Crippen molar-refractivity contribution in [3.8, 4) is 23.0 Å². The van der Waals surface area contributed by atoms with Gasteiger partial charge in [-0.15, -0.1) is 0 Å². The molecule has 0 aliphatic rings. The van der Waals surface area contributed by atoms with Crippen LogP contribution >= 0.6 is 0 Å². The summed E-state index contributed by atoms with van der Waals surface area (Å²) in [6.07, 6.45) is 2.15. The molecule has 1 amide bonds. The number of methoxy groups -OCH3 is 4. The van der Waals surface area contributed by atoms with Gasteiger partial charge in [0.1, 0.15) is 36.1 Å². The molecule has 17 heteroatoms. The molecule has 4 aromatic carbocycles. The van der Waals surface area contributed by atoms with E-state index in [1.54, 1.807) is 72.8 Å². The van der Waals surface area contributed by atoms with Gasteiger partial charge < -0.3 is 29.0 Å². The van der Waals surface area contributed by atoms with E-state index in [0.717, 1.165) is 14.3 Å². The Morgan fingerprint density at radius 1 is 0.638 bits per heavy atom. The summed E-state index contributed by atoms with van der Waals surface area (Å²) in [7, 11) is -2.33. The lowest BCUT2D eigenvalue weighted by Gasteiger charge is -2.26. The fourth-order valence-corrected chi connectivity index (χ4v) is 8.15. The molecule has 0 saturated carbocycles. The van der Waals surface area contributed by atoms with Crippen molar-refractivity contribution >= 4 is 49.0 Å². The van der Waals surface area contributed by atoms with Crippen molar-refractivity contribution in [1.82, 2.24) is 4.98 Å². The van der Waals surface area contributed by atoms with E-state index in [9.17, 15) is 26.4 Å². The average Bonchev–Trinajstić information content (AvgIpc) is 3.25. The number of rotatable bonds is 17. The van der Waals surface area contributed by atoms with Crippen LogP contribution in [0.4, 0.5) is 17.1 Å². The zero-order valence-corrected chi connectivity index (χ0v) is 34.6. The standard InChI is InChI=1S/C22H23N3O5S.C19H23NO6S/c1-16-9-10-17(14-23-16)24-22(26)15-25(31(27,28)19-7-5-4-6-8-19)20-13-18(29-2)11-12-21(20)30-3;1-4-12-26-19(21)14-20(27(22,23)16-8-6-5-7-9-16)17-13-15(24-2)10-11-18(17)25-3/h4-14H,15H2,1-3H3,(H,24,26);5-11,13H,4,12,14H2,1-3H3. The van der Waals surface area contributed by atoms with E-state index in [4.69, 9.17) is 23.7 Å². The third kappa shape index (κ3) is 11.4. The molecule has 1 heterocycles. The molecule has 5 aromatic rings. The lowest BCUT2D eigenvalue weighted by Crippen LogP contribution is -2.38. The summed E-state index contributed by atoms with van der Waals surface area (Å²) < 4.78 is 81.6. The number of nitrogens with one attached hydrogen (secondary N) is 1. The third-order valence-corrected chi connectivity index (χ3v) is 11.7. The summed E-state index contributed by atoms with van der Waals surface area (Å²) in [5.41, 5.74) is 1.63. The molecular weight excluding hydrogens is 789 g/mol. The lowest BCUT2D eigenvalue weighted by atomic mass is 10.2. The minimum Gasteiger partial charge on any atom is -0.497 e. The van der Waals surface area contributed by atoms with Crippen molar-refractivity contribution in [3.05, 3.63) is 121 Å². The number of aryl methyl sites for hydroxylation is 1. The molecule has 15 nitrogen and oxygen atoms in total. The quantitative estimate of drug-likeness (QED) is 0.107. The van der Waals surface area contributed by atoms with Crippen LogP contribution in [0.25, 0.3) is 0 Å². The largest absolute Gasteiger partial charge is 0.497 e. The Kier molecular flexibility index (Phi) is 15.9. The van der Waals surface area contributed by atoms with Gasteiger partial charge in [-0.25, -0.2) is 16.8 Å². The summed E-state index contributed by atoms with van der Waals surface area (Å²) >= 11 is 0. The summed E-state index contributed by atoms with van der Waals surface area (Å²) in [4.78, 5) is 29.2. The maximum atomic E-state index is 13.5. The molecule has 0 spiro atoms. The molecule has 0 unspecified atom stereocenters. The van der Waals surface area contributed by atoms with Gasteiger partial charge in [0.2, 0.25) is 5.91 Å². The first kappa shape index (κ1) is 44.4. The second kappa shape index (κ2) is 20.7. The van der Waals surface area contributed by atoms with Gasteiger partial charge in [0.05, 0.1) is 68.1 Å². The minimum absolute atomic E-state index is 0.0460. The van der Waals surface area contributed by atoms with E-state index in [1.165, 1.54) is 71.0 Å². The topological polar surface area (TPSA) is 180 Å². The predicted molar refractivity (Wildman–Crippen MR) is 220 cm³/mol. The normalized spacial score (nSPS) is 10.9. The van der Waals surface area contributed by atoms with Crippen LogP contribution in [0, 0.1) is 6.92 Å². The Labute approximate surface area is 339 Å². The molecule has 0 radical (unpaired) electrons. The van der Waals surface area contributed by atoms with E-state index in [-0.39, 0.29) is 33.5 Å². The van der Waals surface area contributed by atoms with E-state index >= 15 is 0 Å². The Morgan fingerprint density at radius 2 is 1.12 bits per heavy atom. The van der Waals surface area contributed by atoms with Gasteiger partial charge in [-0.3, -0.25) is 23.2 Å². The van der Waals surface area contributed by atoms with Gasteiger partial charge in [-0.1, -0.05) is 43.3 Å². The highest BCUT2D eigenvalue weighted by Gasteiger charge is 2.31. The third-order valence-electron chi connectivity index (χ3n) is 8.19. The summed E-state index contributed by atoms with van der Waals surface area (Å²) in [6.45, 7) is 2.94. The fraction of sp³-hybridized carbons (Fsp3) is 0.244. The Balaban J connectivity index is 0.000000259. The lowest BCUT2D eigenvalue weighted by molar-refractivity contribution is -0.141. The minimum atomic E-state index is -4.08. The molecule has 58 heavy (non-hydrogen) atoms. The number of aromatic nitrogens is 1. The van der Waals surface area contributed by atoms with Crippen molar-refractivity contribution in [2.24, 2.45) is 0 Å². The van der Waals surface area contributed by atoms with E-state index in [0.29, 0.717) is 29.4 Å². The number of carbonyl (C=O) groups is 2. The fourth-order valence-electron chi connectivity index (χ4n) is 5.27. The van der Waals surface area contributed by atoms with Gasteiger partial charge in [0.15, 0.2) is 0 Å². The predicted octanol–water partition coefficient (Wildman–Crippen LogP) is 6.09. The highest BCUT2D eigenvalue weighted by atomic mass is 32.2. The first-order valence-corrected chi connectivity index (χ1v) is 20.6. The monoisotopic (exact) mass is 834 g/mol. The molecule has 0 saturated heterocycles. The Hall–Kier alpha value is -6.33. The molecular formula is C41H46N4O11S2. The van der Waals surface area contributed by atoms with E-state index in [1.807, 2.05) is 13.8 Å². The zero-order chi connectivity index (χ0) is 42.3. The molecule has 0 aliphatic carbocycles. The summed E-state index contributed by atoms with van der Waals surface area (Å²) in [6, 6.07) is 28.7. The van der Waals surface area contributed by atoms with Crippen LogP contribution in [-0.2, 0) is 34.4 Å². The Morgan fingerprint density at radius 3 is 1.53 bits per heavy atom. The molecule has 0 aliphatic heterocycles. The number of esters is 1.